The number of carbonyl (C=O) groups excluding carboxylic acids is 1. The maximum atomic E-state index is 12.1. The molecule has 0 saturated carbocycles. The van der Waals surface area contributed by atoms with Crippen LogP contribution in [0.25, 0.3) is 0 Å². The Morgan fingerprint density at radius 1 is 1.00 bits per heavy atom. The molecule has 98 valence electrons. The summed E-state index contributed by atoms with van der Waals surface area (Å²) in [7, 11) is -4.00. The molecule has 0 aliphatic rings. The number of carbonyl (C=O) groups is 1. The maximum Gasteiger partial charge on any atom is 0.339 e. The first kappa shape index (κ1) is 13.3. The van der Waals surface area contributed by atoms with Crippen molar-refractivity contribution in [3.05, 3.63) is 59.7 Å². The topological polar surface area (TPSA) is 60.4 Å². The molecule has 0 N–H and O–H groups in total. The van der Waals surface area contributed by atoms with Gasteiger partial charge in [-0.25, -0.2) is 0 Å². The zero-order valence-electron chi connectivity index (χ0n) is 10.2. The SMILES string of the molecule is Cc1ccc(OS(=O)(=O)c2ccccc2C=O)cc1. The quantitative estimate of drug-likeness (QED) is 0.636. The Kier molecular flexibility index (Phi) is 3.66. The second-order valence-corrected chi connectivity index (χ2v) is 5.52. The number of rotatable bonds is 4. The first-order valence-electron chi connectivity index (χ1n) is 5.58. The van der Waals surface area contributed by atoms with Crippen LogP contribution in [0.2, 0.25) is 0 Å². The molecular weight excluding hydrogens is 264 g/mol. The molecule has 0 aliphatic carbocycles. The predicted octanol–water partition coefficient (Wildman–Crippen LogP) is 2.58. The second kappa shape index (κ2) is 5.24. The van der Waals surface area contributed by atoms with Gasteiger partial charge in [0.15, 0.2) is 6.29 Å². The van der Waals surface area contributed by atoms with Crippen molar-refractivity contribution >= 4 is 16.4 Å². The summed E-state index contributed by atoms with van der Waals surface area (Å²) in [5.41, 5.74) is 1.08. The molecule has 0 atom stereocenters. The summed E-state index contributed by atoms with van der Waals surface area (Å²) in [6, 6.07) is 12.5. The van der Waals surface area contributed by atoms with Crippen LogP contribution in [0, 0.1) is 6.92 Å². The van der Waals surface area contributed by atoms with E-state index in [1.165, 1.54) is 12.1 Å². The van der Waals surface area contributed by atoms with E-state index in [1.54, 1.807) is 36.4 Å². The maximum absolute atomic E-state index is 12.1. The third kappa shape index (κ3) is 3.00. The standard InChI is InChI=1S/C14H12O4S/c1-11-6-8-13(9-7-11)18-19(16,17)14-5-3-2-4-12(14)10-15/h2-10H,1H3. The molecule has 2 aromatic rings. The Morgan fingerprint density at radius 2 is 1.63 bits per heavy atom. The van der Waals surface area contributed by atoms with E-state index in [0.29, 0.717) is 6.29 Å². The fourth-order valence-electron chi connectivity index (χ4n) is 1.57. The minimum Gasteiger partial charge on any atom is -0.379 e. The minimum absolute atomic E-state index is 0.0783. The van der Waals surface area contributed by atoms with Crippen LogP contribution in [0.1, 0.15) is 15.9 Å². The zero-order valence-corrected chi connectivity index (χ0v) is 11.1. The van der Waals surface area contributed by atoms with Gasteiger partial charge in [-0.2, -0.15) is 8.42 Å². The second-order valence-electron chi connectivity index (χ2n) is 4.01. The number of hydrogen-bond acceptors (Lipinski definition) is 4. The van der Waals surface area contributed by atoms with E-state index < -0.39 is 10.1 Å². The van der Waals surface area contributed by atoms with E-state index in [1.807, 2.05) is 6.92 Å². The monoisotopic (exact) mass is 276 g/mol. The lowest BCUT2D eigenvalue weighted by Gasteiger charge is -2.08. The highest BCUT2D eigenvalue weighted by atomic mass is 32.2. The van der Waals surface area contributed by atoms with Gasteiger partial charge in [-0.15, -0.1) is 0 Å². The van der Waals surface area contributed by atoms with E-state index >= 15 is 0 Å². The van der Waals surface area contributed by atoms with E-state index in [4.69, 9.17) is 4.18 Å². The van der Waals surface area contributed by atoms with Crippen molar-refractivity contribution < 1.29 is 17.4 Å². The molecule has 0 bridgehead atoms. The summed E-state index contributed by atoms with van der Waals surface area (Å²) in [6.45, 7) is 1.89. The number of hydrogen-bond donors (Lipinski definition) is 0. The lowest BCUT2D eigenvalue weighted by Crippen LogP contribution is -2.12. The molecule has 0 spiro atoms. The van der Waals surface area contributed by atoms with Crippen LogP contribution < -0.4 is 4.18 Å². The molecule has 0 aromatic heterocycles. The number of benzene rings is 2. The number of aryl methyl sites for hydroxylation is 1. The summed E-state index contributed by atoms with van der Waals surface area (Å²) in [4.78, 5) is 10.7. The van der Waals surface area contributed by atoms with Gasteiger partial charge in [0.1, 0.15) is 10.6 Å². The van der Waals surface area contributed by atoms with E-state index in [9.17, 15) is 13.2 Å². The molecule has 0 heterocycles. The Balaban J connectivity index is 2.37. The van der Waals surface area contributed by atoms with Crippen LogP contribution >= 0.6 is 0 Å². The normalized spacial score (nSPS) is 11.0. The molecule has 0 unspecified atom stereocenters. The van der Waals surface area contributed by atoms with Crippen molar-refractivity contribution in [1.29, 1.82) is 0 Å². The van der Waals surface area contributed by atoms with Crippen molar-refractivity contribution in [2.45, 2.75) is 11.8 Å². The van der Waals surface area contributed by atoms with Crippen molar-refractivity contribution in [1.82, 2.24) is 0 Å². The molecular formula is C14H12O4S. The Labute approximate surface area is 111 Å². The molecule has 5 heteroatoms. The van der Waals surface area contributed by atoms with E-state index in [0.717, 1.165) is 5.56 Å². The summed E-state index contributed by atoms with van der Waals surface area (Å²) in [6.07, 6.45) is 0.491. The fraction of sp³-hybridized carbons (Fsp3) is 0.0714. The van der Waals surface area contributed by atoms with Crippen molar-refractivity contribution in [2.75, 3.05) is 0 Å². The van der Waals surface area contributed by atoms with Crippen LogP contribution in [-0.2, 0) is 10.1 Å². The Bertz CT molecular complexity index is 688. The first-order chi connectivity index (χ1) is 9.03. The van der Waals surface area contributed by atoms with Crippen LogP contribution in [0.4, 0.5) is 0 Å². The van der Waals surface area contributed by atoms with Gasteiger partial charge in [0.25, 0.3) is 0 Å². The summed E-state index contributed by atoms with van der Waals surface area (Å²) in [5, 5.41) is 0. The van der Waals surface area contributed by atoms with Gasteiger partial charge in [-0.1, -0.05) is 35.9 Å². The molecule has 4 nitrogen and oxygen atoms in total. The molecule has 2 rings (SSSR count). The average molecular weight is 276 g/mol. The third-order valence-corrected chi connectivity index (χ3v) is 3.86. The van der Waals surface area contributed by atoms with Gasteiger partial charge < -0.3 is 4.18 Å². The fourth-order valence-corrected chi connectivity index (χ4v) is 2.68. The van der Waals surface area contributed by atoms with Gasteiger partial charge in [-0.05, 0) is 25.1 Å². The molecule has 0 radical (unpaired) electrons. The smallest absolute Gasteiger partial charge is 0.339 e. The molecule has 2 aromatic carbocycles. The first-order valence-corrected chi connectivity index (χ1v) is 6.99. The number of aldehydes is 1. The average Bonchev–Trinajstić information content (AvgIpc) is 2.41. The molecule has 0 saturated heterocycles. The lowest BCUT2D eigenvalue weighted by molar-refractivity contribution is 0.112. The molecule has 0 amide bonds. The van der Waals surface area contributed by atoms with Gasteiger partial charge in [0, 0.05) is 5.56 Å². The summed E-state index contributed by atoms with van der Waals surface area (Å²) >= 11 is 0. The van der Waals surface area contributed by atoms with Crippen LogP contribution in [-0.4, -0.2) is 14.7 Å². The Hall–Kier alpha value is -2.14. The van der Waals surface area contributed by atoms with Crippen molar-refractivity contribution in [3.8, 4) is 5.75 Å². The van der Waals surface area contributed by atoms with Gasteiger partial charge in [0.05, 0.1) is 0 Å². The Morgan fingerprint density at radius 3 is 2.26 bits per heavy atom. The summed E-state index contributed by atoms with van der Waals surface area (Å²) in [5.74, 6) is 0.214. The zero-order chi connectivity index (χ0) is 13.9. The highest BCUT2D eigenvalue weighted by Gasteiger charge is 2.20. The predicted molar refractivity (Wildman–Crippen MR) is 70.8 cm³/mol. The third-order valence-electron chi connectivity index (χ3n) is 2.54. The van der Waals surface area contributed by atoms with E-state index in [-0.39, 0.29) is 16.2 Å². The van der Waals surface area contributed by atoms with Crippen LogP contribution in [0.3, 0.4) is 0 Å². The van der Waals surface area contributed by atoms with Gasteiger partial charge in [0.2, 0.25) is 0 Å². The lowest BCUT2D eigenvalue weighted by atomic mass is 10.2. The summed E-state index contributed by atoms with van der Waals surface area (Å²) < 4.78 is 29.2. The van der Waals surface area contributed by atoms with Crippen molar-refractivity contribution in [2.24, 2.45) is 0 Å². The van der Waals surface area contributed by atoms with Gasteiger partial charge in [-0.3, -0.25) is 4.79 Å². The highest BCUT2D eigenvalue weighted by molar-refractivity contribution is 7.87. The van der Waals surface area contributed by atoms with Crippen LogP contribution in [0.15, 0.2) is 53.4 Å². The van der Waals surface area contributed by atoms with Gasteiger partial charge >= 0.3 is 10.1 Å². The van der Waals surface area contributed by atoms with E-state index in [2.05, 4.69) is 0 Å². The molecule has 19 heavy (non-hydrogen) atoms. The van der Waals surface area contributed by atoms with Crippen LogP contribution in [0.5, 0.6) is 5.75 Å². The molecule has 0 aliphatic heterocycles. The molecule has 0 fully saturated rings. The highest BCUT2D eigenvalue weighted by Crippen LogP contribution is 2.20. The largest absolute Gasteiger partial charge is 0.379 e. The van der Waals surface area contributed by atoms with Crippen molar-refractivity contribution in [3.63, 3.8) is 0 Å². The minimum atomic E-state index is -4.00.